The van der Waals surface area contributed by atoms with Crippen LogP contribution < -0.4 is 5.32 Å². The molecule has 1 unspecified atom stereocenters. The van der Waals surface area contributed by atoms with Crippen LogP contribution in [0.4, 0.5) is 5.69 Å². The quantitative estimate of drug-likeness (QED) is 0.635. The molecule has 1 aromatic rings. The number of amides is 1. The van der Waals surface area contributed by atoms with Crippen molar-refractivity contribution in [1.82, 2.24) is 10.2 Å². The van der Waals surface area contributed by atoms with Gasteiger partial charge in [-0.1, -0.05) is 6.92 Å². The minimum atomic E-state index is -0.672. The van der Waals surface area contributed by atoms with Gasteiger partial charge in [0.2, 0.25) is 0 Å². The molecule has 2 N–H and O–H groups in total. The lowest BCUT2D eigenvalue weighted by molar-refractivity contribution is -0.385. The first-order valence-corrected chi connectivity index (χ1v) is 7.03. The lowest BCUT2D eigenvalue weighted by Crippen LogP contribution is -2.42. The maximum absolute atomic E-state index is 12.6. The molecule has 0 spiro atoms. The lowest BCUT2D eigenvalue weighted by Gasteiger charge is -2.28. The van der Waals surface area contributed by atoms with Gasteiger partial charge in [-0.25, -0.2) is 0 Å². The summed E-state index contributed by atoms with van der Waals surface area (Å²) in [7, 11) is 0. The van der Waals surface area contributed by atoms with Crippen LogP contribution in [0.5, 0.6) is 5.75 Å². The third kappa shape index (κ3) is 3.86. The Kier molecular flexibility index (Phi) is 6.58. The topological polar surface area (TPSA) is 95.7 Å². The van der Waals surface area contributed by atoms with Gasteiger partial charge in [-0.05, 0) is 31.5 Å². The molecule has 7 nitrogen and oxygen atoms in total. The maximum atomic E-state index is 12.6. The Morgan fingerprint density at radius 1 is 1.55 bits per heavy atom. The average molecular weight is 330 g/mol. The van der Waals surface area contributed by atoms with Crippen molar-refractivity contribution in [2.24, 2.45) is 0 Å². The predicted molar refractivity (Wildman–Crippen MR) is 84.6 cm³/mol. The summed E-state index contributed by atoms with van der Waals surface area (Å²) in [5.41, 5.74) is -0.116. The summed E-state index contributed by atoms with van der Waals surface area (Å²) in [5, 5.41) is 23.6. The summed E-state index contributed by atoms with van der Waals surface area (Å²) in [4.78, 5) is 24.4. The van der Waals surface area contributed by atoms with E-state index in [1.54, 1.807) is 4.90 Å². The van der Waals surface area contributed by atoms with Gasteiger partial charge >= 0.3 is 5.69 Å². The second-order valence-corrected chi connectivity index (χ2v) is 5.11. The minimum absolute atomic E-state index is 0. The van der Waals surface area contributed by atoms with E-state index >= 15 is 0 Å². The van der Waals surface area contributed by atoms with Gasteiger partial charge in [0.15, 0.2) is 5.75 Å². The number of hydrogen-bond acceptors (Lipinski definition) is 5. The van der Waals surface area contributed by atoms with E-state index in [0.717, 1.165) is 25.9 Å². The molecular weight excluding hydrogens is 310 g/mol. The Morgan fingerprint density at radius 3 is 2.77 bits per heavy atom. The zero-order valence-electron chi connectivity index (χ0n) is 12.3. The lowest BCUT2D eigenvalue weighted by atomic mass is 10.1. The van der Waals surface area contributed by atoms with Crippen LogP contribution in [0.3, 0.4) is 0 Å². The van der Waals surface area contributed by atoms with E-state index in [-0.39, 0.29) is 29.9 Å². The Balaban J connectivity index is 0.00000242. The molecule has 0 bridgehead atoms. The summed E-state index contributed by atoms with van der Waals surface area (Å²) in [6.07, 6.45) is 1.73. The maximum Gasteiger partial charge on any atom is 0.310 e. The first kappa shape index (κ1) is 18.2. The smallest absolute Gasteiger partial charge is 0.310 e. The zero-order chi connectivity index (χ0) is 15.4. The molecular formula is C14H20ClN3O4. The largest absolute Gasteiger partial charge is 0.502 e. The number of hydrogen-bond donors (Lipinski definition) is 2. The summed E-state index contributed by atoms with van der Waals surface area (Å²) >= 11 is 0. The highest BCUT2D eigenvalue weighted by Gasteiger charge is 2.27. The van der Waals surface area contributed by atoms with Crippen LogP contribution in [-0.2, 0) is 0 Å². The highest BCUT2D eigenvalue weighted by Crippen LogP contribution is 2.27. The second-order valence-electron chi connectivity index (χ2n) is 5.11. The number of rotatable bonds is 5. The van der Waals surface area contributed by atoms with Gasteiger partial charge in [0.1, 0.15) is 0 Å². The molecule has 122 valence electrons. The molecule has 1 aliphatic heterocycles. The Labute approximate surface area is 134 Å². The fourth-order valence-electron chi connectivity index (χ4n) is 2.57. The number of carbonyl (C=O) groups excluding carboxylic acids is 1. The Morgan fingerprint density at radius 2 is 2.27 bits per heavy atom. The van der Waals surface area contributed by atoms with E-state index < -0.39 is 16.4 Å². The molecule has 0 radical (unpaired) electrons. The van der Waals surface area contributed by atoms with Crippen LogP contribution in [0, 0.1) is 10.1 Å². The van der Waals surface area contributed by atoms with Gasteiger partial charge in [-0.3, -0.25) is 14.9 Å². The van der Waals surface area contributed by atoms with E-state index in [0.29, 0.717) is 6.54 Å². The number of phenols is 1. The van der Waals surface area contributed by atoms with Gasteiger partial charge in [0.05, 0.1) is 4.92 Å². The molecule has 1 amide bonds. The molecule has 1 atom stereocenters. The summed E-state index contributed by atoms with van der Waals surface area (Å²) < 4.78 is 0. The van der Waals surface area contributed by atoms with Gasteiger partial charge < -0.3 is 15.3 Å². The number of halogens is 1. The van der Waals surface area contributed by atoms with Crippen LogP contribution in [0.1, 0.15) is 30.1 Å². The van der Waals surface area contributed by atoms with E-state index in [9.17, 15) is 20.0 Å². The SMILES string of the molecule is CCCN(C(=O)c1ccc([N+](=O)[O-])c(O)c1)C1CCNC1.Cl. The molecule has 1 aliphatic rings. The van der Waals surface area contributed by atoms with Crippen molar-refractivity contribution in [3.8, 4) is 5.75 Å². The molecule has 0 aromatic heterocycles. The van der Waals surface area contributed by atoms with E-state index in [1.807, 2.05) is 6.92 Å². The van der Waals surface area contributed by atoms with Gasteiger partial charge in [0.25, 0.3) is 5.91 Å². The first-order valence-electron chi connectivity index (χ1n) is 7.03. The molecule has 1 aromatic carbocycles. The highest BCUT2D eigenvalue weighted by atomic mass is 35.5. The molecule has 0 aliphatic carbocycles. The molecule has 0 saturated carbocycles. The average Bonchev–Trinajstić information content (AvgIpc) is 2.97. The molecule has 8 heteroatoms. The van der Waals surface area contributed by atoms with Gasteiger partial charge in [-0.2, -0.15) is 0 Å². The number of nitro groups is 1. The fraction of sp³-hybridized carbons (Fsp3) is 0.500. The fourth-order valence-corrected chi connectivity index (χ4v) is 2.57. The summed E-state index contributed by atoms with van der Waals surface area (Å²) in [6, 6.07) is 3.87. The molecule has 1 heterocycles. The normalized spacial score (nSPS) is 16.9. The highest BCUT2D eigenvalue weighted by molar-refractivity contribution is 5.95. The molecule has 22 heavy (non-hydrogen) atoms. The van der Waals surface area contributed by atoms with Crippen molar-refractivity contribution in [2.75, 3.05) is 19.6 Å². The Hall–Kier alpha value is -1.86. The number of benzene rings is 1. The monoisotopic (exact) mass is 329 g/mol. The van der Waals surface area contributed by atoms with Crippen molar-refractivity contribution in [1.29, 1.82) is 0 Å². The Bertz CT molecular complexity index is 547. The number of nitrogens with one attached hydrogen (secondary N) is 1. The summed E-state index contributed by atoms with van der Waals surface area (Å²) in [6.45, 7) is 4.26. The molecule has 1 fully saturated rings. The zero-order valence-corrected chi connectivity index (χ0v) is 13.1. The van der Waals surface area contributed by atoms with Crippen molar-refractivity contribution in [2.45, 2.75) is 25.8 Å². The standard InChI is InChI=1S/C14H19N3O4.ClH/c1-2-7-16(11-5-6-15-9-11)14(19)10-3-4-12(17(20)21)13(18)8-10;/h3-4,8,11,15,18H,2,5-7,9H2,1H3;1H. The van der Waals surface area contributed by atoms with E-state index in [4.69, 9.17) is 0 Å². The van der Waals surface area contributed by atoms with Crippen LogP contribution in [0.15, 0.2) is 18.2 Å². The third-order valence-corrected chi connectivity index (χ3v) is 3.62. The van der Waals surface area contributed by atoms with Crippen LogP contribution >= 0.6 is 12.4 Å². The van der Waals surface area contributed by atoms with Crippen molar-refractivity contribution >= 4 is 24.0 Å². The number of nitro benzene ring substituents is 1. The number of carbonyl (C=O) groups is 1. The van der Waals surface area contributed by atoms with Crippen molar-refractivity contribution in [3.05, 3.63) is 33.9 Å². The van der Waals surface area contributed by atoms with Crippen molar-refractivity contribution < 1.29 is 14.8 Å². The molecule has 1 saturated heterocycles. The number of aromatic hydroxyl groups is 1. The van der Waals surface area contributed by atoms with Gasteiger partial charge in [-0.15, -0.1) is 12.4 Å². The number of nitrogens with zero attached hydrogens (tertiary/aromatic N) is 2. The number of phenolic OH excluding ortho intramolecular Hbond substituents is 1. The van der Waals surface area contributed by atoms with Crippen LogP contribution in [0.2, 0.25) is 0 Å². The predicted octanol–water partition coefficient (Wildman–Crippen LogP) is 1.94. The van der Waals surface area contributed by atoms with Crippen LogP contribution in [0.25, 0.3) is 0 Å². The molecule has 2 rings (SSSR count). The van der Waals surface area contributed by atoms with E-state index in [2.05, 4.69) is 5.32 Å². The van der Waals surface area contributed by atoms with Crippen molar-refractivity contribution in [3.63, 3.8) is 0 Å². The van der Waals surface area contributed by atoms with Gasteiger partial charge in [0, 0.05) is 30.8 Å². The van der Waals surface area contributed by atoms with E-state index in [1.165, 1.54) is 18.2 Å². The second kappa shape index (κ2) is 7.95. The minimum Gasteiger partial charge on any atom is -0.502 e. The van der Waals surface area contributed by atoms with Crippen LogP contribution in [-0.4, -0.2) is 46.5 Å². The summed E-state index contributed by atoms with van der Waals surface area (Å²) in [5.74, 6) is -0.678. The first-order chi connectivity index (χ1) is 10.0. The third-order valence-electron chi connectivity index (χ3n) is 3.62.